The first-order valence-electron chi connectivity index (χ1n) is 6.16. The van der Waals surface area contributed by atoms with Crippen LogP contribution in [0, 0.1) is 5.92 Å². The number of aromatic nitrogens is 1. The van der Waals surface area contributed by atoms with Crippen LogP contribution in [0.2, 0.25) is 0 Å². The van der Waals surface area contributed by atoms with Crippen LogP contribution in [-0.4, -0.2) is 30.0 Å². The molecule has 1 aromatic rings. The summed E-state index contributed by atoms with van der Waals surface area (Å²) in [6, 6.07) is 0.391. The minimum Gasteiger partial charge on any atom is -0.465 e. The molecule has 2 rings (SSSR count). The lowest BCUT2D eigenvalue weighted by Gasteiger charge is -2.38. The van der Waals surface area contributed by atoms with Crippen molar-refractivity contribution < 1.29 is 9.53 Å². The number of nitrogen functional groups attached to an aromatic ring is 1. The second-order valence-corrected chi connectivity index (χ2v) is 5.54. The van der Waals surface area contributed by atoms with Gasteiger partial charge in [-0.15, -0.1) is 0 Å². The van der Waals surface area contributed by atoms with E-state index in [9.17, 15) is 4.79 Å². The van der Waals surface area contributed by atoms with E-state index in [0.717, 1.165) is 18.0 Å². The topological polar surface area (TPSA) is 68.5 Å². The number of carbonyl (C=O) groups excluding carboxylic acids is 1. The van der Waals surface area contributed by atoms with Crippen LogP contribution < -0.4 is 10.6 Å². The van der Waals surface area contributed by atoms with Crippen LogP contribution in [0.3, 0.4) is 0 Å². The predicted octanol–water partition coefficient (Wildman–Crippen LogP) is 2.14. The van der Waals surface area contributed by atoms with Crippen LogP contribution >= 0.6 is 11.5 Å². The number of nitrogens with two attached hydrogens (primary N) is 1. The van der Waals surface area contributed by atoms with Crippen LogP contribution in [0.1, 0.15) is 37.0 Å². The molecule has 0 amide bonds. The van der Waals surface area contributed by atoms with Gasteiger partial charge in [0.2, 0.25) is 0 Å². The minimum atomic E-state index is -0.401. The van der Waals surface area contributed by atoms with E-state index >= 15 is 0 Å². The van der Waals surface area contributed by atoms with Gasteiger partial charge in [0.15, 0.2) is 5.82 Å². The first-order chi connectivity index (χ1) is 8.56. The summed E-state index contributed by atoms with van der Waals surface area (Å²) in [5.74, 6) is 0.474. The van der Waals surface area contributed by atoms with Crippen LogP contribution in [0.15, 0.2) is 0 Å². The third-order valence-electron chi connectivity index (χ3n) is 3.72. The molecule has 1 saturated heterocycles. The van der Waals surface area contributed by atoms with Gasteiger partial charge in [-0.05, 0) is 37.2 Å². The molecule has 2 unspecified atom stereocenters. The van der Waals surface area contributed by atoms with Crippen molar-refractivity contribution in [1.29, 1.82) is 0 Å². The fraction of sp³-hybridized carbons (Fsp3) is 0.667. The Morgan fingerprint density at radius 3 is 2.94 bits per heavy atom. The van der Waals surface area contributed by atoms with E-state index in [1.54, 1.807) is 0 Å². The van der Waals surface area contributed by atoms with Crippen molar-refractivity contribution in [2.24, 2.45) is 5.92 Å². The zero-order chi connectivity index (χ0) is 13.3. The largest absolute Gasteiger partial charge is 0.465 e. The summed E-state index contributed by atoms with van der Waals surface area (Å²) in [5, 5.41) is 0.846. The van der Waals surface area contributed by atoms with E-state index in [-0.39, 0.29) is 5.82 Å². The van der Waals surface area contributed by atoms with Crippen molar-refractivity contribution in [3.05, 3.63) is 5.56 Å². The number of esters is 1. The summed E-state index contributed by atoms with van der Waals surface area (Å²) in [4.78, 5) is 14.0. The summed E-state index contributed by atoms with van der Waals surface area (Å²) < 4.78 is 8.89. The van der Waals surface area contributed by atoms with Crippen molar-refractivity contribution in [2.75, 3.05) is 24.3 Å². The monoisotopic (exact) mass is 269 g/mol. The number of nitrogens with zero attached hydrogens (tertiary/aromatic N) is 2. The molecule has 2 heterocycles. The number of carbonyl (C=O) groups is 1. The Morgan fingerprint density at radius 2 is 2.28 bits per heavy atom. The van der Waals surface area contributed by atoms with E-state index in [1.807, 2.05) is 0 Å². The molecule has 0 bridgehead atoms. The molecule has 5 nitrogen and oxygen atoms in total. The van der Waals surface area contributed by atoms with Gasteiger partial charge in [-0.25, -0.2) is 4.79 Å². The molecule has 0 aliphatic carbocycles. The van der Waals surface area contributed by atoms with Gasteiger partial charge in [0, 0.05) is 12.6 Å². The van der Waals surface area contributed by atoms with Crippen molar-refractivity contribution in [2.45, 2.75) is 32.7 Å². The molecular formula is C12H19N3O2S. The Bertz CT molecular complexity index is 447. The zero-order valence-corrected chi connectivity index (χ0v) is 11.8. The molecule has 100 valence electrons. The Morgan fingerprint density at radius 1 is 1.56 bits per heavy atom. The van der Waals surface area contributed by atoms with Crippen molar-refractivity contribution in [3.63, 3.8) is 0 Å². The highest BCUT2D eigenvalue weighted by atomic mass is 32.1. The molecule has 1 aromatic heterocycles. The lowest BCUT2D eigenvalue weighted by molar-refractivity contribution is 0.0602. The molecule has 6 heteroatoms. The fourth-order valence-electron chi connectivity index (χ4n) is 2.41. The molecule has 2 N–H and O–H groups in total. The maximum absolute atomic E-state index is 11.8. The highest BCUT2D eigenvalue weighted by Gasteiger charge is 2.31. The number of anilines is 2. The summed E-state index contributed by atoms with van der Waals surface area (Å²) >= 11 is 1.28. The number of hydrogen-bond acceptors (Lipinski definition) is 6. The molecule has 0 radical (unpaired) electrons. The van der Waals surface area contributed by atoms with Gasteiger partial charge < -0.3 is 15.4 Å². The van der Waals surface area contributed by atoms with Crippen molar-refractivity contribution >= 4 is 28.3 Å². The van der Waals surface area contributed by atoms with Crippen molar-refractivity contribution in [3.8, 4) is 0 Å². The van der Waals surface area contributed by atoms with Crippen LogP contribution in [0.5, 0.6) is 0 Å². The van der Waals surface area contributed by atoms with E-state index in [1.165, 1.54) is 25.1 Å². The lowest BCUT2D eigenvalue weighted by Crippen LogP contribution is -2.42. The Hall–Kier alpha value is -1.30. The van der Waals surface area contributed by atoms with Crippen LogP contribution in [-0.2, 0) is 4.74 Å². The SMILES string of the molecule is COC(=O)c1c(N)nsc1N1CCCC(C)C1C. The Labute approximate surface area is 111 Å². The summed E-state index contributed by atoms with van der Waals surface area (Å²) in [6.45, 7) is 5.36. The highest BCUT2D eigenvalue weighted by molar-refractivity contribution is 7.11. The highest BCUT2D eigenvalue weighted by Crippen LogP contribution is 2.36. The Kier molecular flexibility index (Phi) is 3.75. The van der Waals surface area contributed by atoms with Crippen LogP contribution in [0.4, 0.5) is 10.8 Å². The van der Waals surface area contributed by atoms with E-state index in [0.29, 0.717) is 17.5 Å². The second-order valence-electron chi connectivity index (χ2n) is 4.79. The number of hydrogen-bond donors (Lipinski definition) is 1. The molecule has 1 aliphatic heterocycles. The molecule has 0 saturated carbocycles. The van der Waals surface area contributed by atoms with Crippen LogP contribution in [0.25, 0.3) is 0 Å². The first-order valence-corrected chi connectivity index (χ1v) is 6.93. The van der Waals surface area contributed by atoms with Gasteiger partial charge in [-0.1, -0.05) is 6.92 Å². The summed E-state index contributed by atoms with van der Waals surface area (Å²) in [5.41, 5.74) is 6.20. The molecule has 0 aromatic carbocycles. The molecular weight excluding hydrogens is 250 g/mol. The van der Waals surface area contributed by atoms with Gasteiger partial charge >= 0.3 is 5.97 Å². The number of rotatable bonds is 2. The Balaban J connectivity index is 2.36. The number of ether oxygens (including phenoxy) is 1. The predicted molar refractivity (Wildman–Crippen MR) is 73.1 cm³/mol. The van der Waals surface area contributed by atoms with Gasteiger partial charge in [-0.2, -0.15) is 4.37 Å². The van der Waals surface area contributed by atoms with Gasteiger partial charge in [0.05, 0.1) is 7.11 Å². The smallest absolute Gasteiger partial charge is 0.344 e. The molecule has 1 fully saturated rings. The summed E-state index contributed by atoms with van der Waals surface area (Å²) in [6.07, 6.45) is 2.35. The summed E-state index contributed by atoms with van der Waals surface area (Å²) in [7, 11) is 1.37. The number of methoxy groups -OCH3 is 1. The fourth-order valence-corrected chi connectivity index (χ4v) is 3.32. The average molecular weight is 269 g/mol. The molecule has 18 heavy (non-hydrogen) atoms. The van der Waals surface area contributed by atoms with Crippen molar-refractivity contribution in [1.82, 2.24) is 4.37 Å². The average Bonchev–Trinajstić information content (AvgIpc) is 2.73. The van der Waals surface area contributed by atoms with E-state index in [2.05, 4.69) is 23.1 Å². The minimum absolute atomic E-state index is 0.271. The quantitative estimate of drug-likeness (QED) is 0.833. The van der Waals surface area contributed by atoms with Gasteiger partial charge in [-0.3, -0.25) is 0 Å². The molecule has 2 atom stereocenters. The van der Waals surface area contributed by atoms with Gasteiger partial charge in [0.1, 0.15) is 10.6 Å². The van der Waals surface area contributed by atoms with E-state index < -0.39 is 5.97 Å². The third-order valence-corrected chi connectivity index (χ3v) is 4.62. The lowest BCUT2D eigenvalue weighted by atomic mass is 9.92. The standard InChI is InChI=1S/C12H19N3O2S/c1-7-5-4-6-15(8(7)2)11-9(12(16)17-3)10(13)14-18-11/h7-8H,4-6H2,1-3H3,(H2,13,14). The maximum Gasteiger partial charge on any atom is 0.344 e. The molecule has 1 aliphatic rings. The third kappa shape index (κ3) is 2.16. The normalized spacial score (nSPS) is 24.1. The molecule has 0 spiro atoms. The maximum atomic E-state index is 11.8. The number of piperidine rings is 1. The van der Waals surface area contributed by atoms with Gasteiger partial charge in [0.25, 0.3) is 0 Å². The second kappa shape index (κ2) is 5.14. The first kappa shape index (κ1) is 13.1. The zero-order valence-electron chi connectivity index (χ0n) is 11.0. The van der Waals surface area contributed by atoms with E-state index in [4.69, 9.17) is 10.5 Å².